The zero-order valence-corrected chi connectivity index (χ0v) is 19.3. The molecule has 0 aliphatic carbocycles. The van der Waals surface area contributed by atoms with Gasteiger partial charge >= 0.3 is 0 Å². The molecule has 1 aliphatic heterocycles. The highest BCUT2D eigenvalue weighted by molar-refractivity contribution is 5.81. The van der Waals surface area contributed by atoms with Crippen molar-refractivity contribution in [3.05, 3.63) is 84.2 Å². The number of fused-ring (bicyclic) bond motifs is 1. The van der Waals surface area contributed by atoms with E-state index in [-0.39, 0.29) is 17.8 Å². The monoisotopic (exact) mass is 457 g/mol. The Morgan fingerprint density at radius 3 is 2.47 bits per heavy atom. The second-order valence-corrected chi connectivity index (χ2v) is 8.67. The van der Waals surface area contributed by atoms with Crippen molar-refractivity contribution in [1.29, 1.82) is 0 Å². The minimum atomic E-state index is -0.267. The molecular formula is C28H28FN3O2. The summed E-state index contributed by atoms with van der Waals surface area (Å²) < 4.78 is 21.8. The number of imidazole rings is 1. The summed E-state index contributed by atoms with van der Waals surface area (Å²) in [5.41, 5.74) is 3.58. The molecule has 5 nitrogen and oxygen atoms in total. The Morgan fingerprint density at radius 1 is 1.03 bits per heavy atom. The van der Waals surface area contributed by atoms with Gasteiger partial charge in [0, 0.05) is 24.7 Å². The summed E-state index contributed by atoms with van der Waals surface area (Å²) in [5.74, 6) is 1.53. The summed E-state index contributed by atoms with van der Waals surface area (Å²) >= 11 is 0. The van der Waals surface area contributed by atoms with Crippen molar-refractivity contribution in [1.82, 2.24) is 14.5 Å². The Balaban J connectivity index is 1.33. The highest BCUT2D eigenvalue weighted by atomic mass is 19.1. The van der Waals surface area contributed by atoms with Gasteiger partial charge < -0.3 is 14.2 Å². The van der Waals surface area contributed by atoms with Gasteiger partial charge in [-0.2, -0.15) is 0 Å². The number of ether oxygens (including phenoxy) is 1. The van der Waals surface area contributed by atoms with Crippen molar-refractivity contribution >= 4 is 16.9 Å². The zero-order chi connectivity index (χ0) is 23.5. The zero-order valence-electron chi connectivity index (χ0n) is 19.3. The molecule has 1 saturated heterocycles. The Hall–Kier alpha value is -3.67. The lowest BCUT2D eigenvalue weighted by Gasteiger charge is -2.34. The fourth-order valence-electron chi connectivity index (χ4n) is 4.76. The van der Waals surface area contributed by atoms with Crippen molar-refractivity contribution in [2.75, 3.05) is 19.7 Å². The first-order valence-corrected chi connectivity index (χ1v) is 11.8. The number of nitrogens with zero attached hydrogens (tertiary/aromatic N) is 3. The molecule has 34 heavy (non-hydrogen) atoms. The van der Waals surface area contributed by atoms with E-state index >= 15 is 0 Å². The number of carbonyl (C=O) groups is 1. The molecule has 4 aromatic rings. The molecule has 174 valence electrons. The Kier molecular flexibility index (Phi) is 6.30. The molecule has 6 heteroatoms. The number of rotatable bonds is 6. The number of aromatic nitrogens is 2. The van der Waals surface area contributed by atoms with Crippen LogP contribution >= 0.6 is 0 Å². The highest BCUT2D eigenvalue weighted by Crippen LogP contribution is 2.33. The maximum atomic E-state index is 14.1. The van der Waals surface area contributed by atoms with Crippen molar-refractivity contribution < 1.29 is 13.9 Å². The van der Waals surface area contributed by atoms with Crippen LogP contribution in [0.5, 0.6) is 5.75 Å². The van der Waals surface area contributed by atoms with E-state index in [4.69, 9.17) is 9.72 Å². The summed E-state index contributed by atoms with van der Waals surface area (Å²) in [5, 5.41) is 0. The normalized spacial score (nSPS) is 14.5. The highest BCUT2D eigenvalue weighted by Gasteiger charge is 2.27. The topological polar surface area (TPSA) is 47.4 Å². The van der Waals surface area contributed by atoms with Gasteiger partial charge in [-0.3, -0.25) is 4.79 Å². The van der Waals surface area contributed by atoms with Crippen LogP contribution in [0.25, 0.3) is 22.4 Å². The Morgan fingerprint density at radius 2 is 1.76 bits per heavy atom. The van der Waals surface area contributed by atoms with E-state index in [1.54, 1.807) is 12.1 Å². The molecule has 0 bridgehead atoms. The third-order valence-corrected chi connectivity index (χ3v) is 6.46. The molecule has 0 N–H and O–H groups in total. The van der Waals surface area contributed by atoms with Crippen molar-refractivity contribution in [3.63, 3.8) is 0 Å². The molecule has 0 atom stereocenters. The molecule has 1 fully saturated rings. The maximum absolute atomic E-state index is 14.1. The summed E-state index contributed by atoms with van der Waals surface area (Å²) in [6, 6.07) is 22.7. The summed E-state index contributed by atoms with van der Waals surface area (Å²) in [4.78, 5) is 19.7. The first-order valence-electron chi connectivity index (χ1n) is 11.8. The lowest BCUT2D eigenvalue weighted by molar-refractivity contribution is -0.131. The van der Waals surface area contributed by atoms with E-state index < -0.39 is 0 Å². The van der Waals surface area contributed by atoms with Crippen LogP contribution in [0.1, 0.15) is 31.4 Å². The van der Waals surface area contributed by atoms with Crippen molar-refractivity contribution in [3.8, 4) is 17.1 Å². The average molecular weight is 458 g/mol. The van der Waals surface area contributed by atoms with E-state index in [1.807, 2.05) is 66.4 Å². The van der Waals surface area contributed by atoms with Gasteiger partial charge in [0.15, 0.2) is 0 Å². The van der Waals surface area contributed by atoms with Gasteiger partial charge in [0.1, 0.15) is 17.4 Å². The summed E-state index contributed by atoms with van der Waals surface area (Å²) in [6.45, 7) is 3.92. The fraction of sp³-hybridized carbons (Fsp3) is 0.286. The molecule has 5 rings (SSSR count). The van der Waals surface area contributed by atoms with E-state index in [0.29, 0.717) is 26.1 Å². The van der Waals surface area contributed by atoms with Crippen LogP contribution in [0, 0.1) is 5.82 Å². The number of halogens is 1. The molecule has 0 spiro atoms. The minimum absolute atomic E-state index is 0.132. The predicted molar refractivity (Wildman–Crippen MR) is 131 cm³/mol. The third-order valence-electron chi connectivity index (χ3n) is 6.46. The lowest BCUT2D eigenvalue weighted by Crippen LogP contribution is -2.40. The fourth-order valence-corrected chi connectivity index (χ4v) is 4.76. The molecule has 1 aliphatic rings. The molecule has 0 radical (unpaired) electrons. The molecule has 1 amide bonds. The number of likely N-dealkylation sites (tertiary alicyclic amines) is 1. The molecular weight excluding hydrogens is 429 g/mol. The second-order valence-electron chi connectivity index (χ2n) is 8.67. The van der Waals surface area contributed by atoms with E-state index in [2.05, 4.69) is 4.57 Å². The van der Waals surface area contributed by atoms with E-state index in [1.165, 1.54) is 6.07 Å². The quantitative estimate of drug-likeness (QED) is 0.376. The minimum Gasteiger partial charge on any atom is -0.494 e. The van der Waals surface area contributed by atoms with Crippen molar-refractivity contribution in [2.45, 2.75) is 32.2 Å². The molecule has 2 heterocycles. The smallest absolute Gasteiger partial charge is 0.226 e. The first kappa shape index (κ1) is 22.1. The van der Waals surface area contributed by atoms with Crippen LogP contribution in [0.4, 0.5) is 4.39 Å². The number of carbonyl (C=O) groups excluding carboxylic acids is 1. The molecule has 3 aromatic carbocycles. The van der Waals surface area contributed by atoms with Gasteiger partial charge in [0.25, 0.3) is 0 Å². The number of amides is 1. The predicted octanol–water partition coefficient (Wildman–Crippen LogP) is 5.65. The largest absolute Gasteiger partial charge is 0.494 e. The second kappa shape index (κ2) is 9.67. The SMILES string of the molecule is CCOc1ccc(CC(=O)N2CCC(n3c(-c4ccccc4)nc4ccc(F)cc43)CC2)cc1. The first-order chi connectivity index (χ1) is 16.6. The lowest BCUT2D eigenvalue weighted by atomic mass is 10.0. The van der Waals surface area contributed by atoms with E-state index in [0.717, 1.165) is 46.6 Å². The van der Waals surface area contributed by atoms with Gasteiger partial charge in [0.2, 0.25) is 5.91 Å². The average Bonchev–Trinajstić information content (AvgIpc) is 3.24. The van der Waals surface area contributed by atoms with Crippen LogP contribution in [0.2, 0.25) is 0 Å². The molecule has 0 unspecified atom stereocenters. The van der Waals surface area contributed by atoms with Crippen LogP contribution in [-0.2, 0) is 11.2 Å². The molecule has 1 aromatic heterocycles. The Bertz CT molecular complexity index is 1280. The van der Waals surface area contributed by atoms with Crippen molar-refractivity contribution in [2.24, 2.45) is 0 Å². The third kappa shape index (κ3) is 4.53. The number of piperidine rings is 1. The standard InChI is InChI=1S/C28H28FN3O2/c1-2-34-24-11-8-20(9-12-24)18-27(33)31-16-14-23(15-17-31)32-26-19-22(29)10-13-25(26)30-28(32)21-6-4-3-5-7-21/h3-13,19,23H,2,14-18H2,1H3. The van der Waals surface area contributed by atoms with Crippen LogP contribution in [0.15, 0.2) is 72.8 Å². The van der Waals surface area contributed by atoms with Gasteiger partial charge in [-0.15, -0.1) is 0 Å². The number of hydrogen-bond donors (Lipinski definition) is 0. The maximum Gasteiger partial charge on any atom is 0.226 e. The van der Waals surface area contributed by atoms with Gasteiger partial charge in [-0.1, -0.05) is 42.5 Å². The van der Waals surface area contributed by atoms with Gasteiger partial charge in [-0.25, -0.2) is 9.37 Å². The van der Waals surface area contributed by atoms with Gasteiger partial charge in [0.05, 0.1) is 24.1 Å². The van der Waals surface area contributed by atoms with Gasteiger partial charge in [-0.05, 0) is 55.7 Å². The summed E-state index contributed by atoms with van der Waals surface area (Å²) in [6.07, 6.45) is 1.99. The summed E-state index contributed by atoms with van der Waals surface area (Å²) in [7, 11) is 0. The number of benzene rings is 3. The Labute approximate surface area is 198 Å². The van der Waals surface area contributed by atoms with Crippen LogP contribution in [0.3, 0.4) is 0 Å². The number of hydrogen-bond acceptors (Lipinski definition) is 3. The van der Waals surface area contributed by atoms with Crippen LogP contribution < -0.4 is 4.74 Å². The van der Waals surface area contributed by atoms with Crippen LogP contribution in [-0.4, -0.2) is 40.1 Å². The molecule has 0 saturated carbocycles. The van der Waals surface area contributed by atoms with E-state index in [9.17, 15) is 9.18 Å².